The summed E-state index contributed by atoms with van der Waals surface area (Å²) in [6.07, 6.45) is 0. The number of rotatable bonds is 6. The summed E-state index contributed by atoms with van der Waals surface area (Å²) in [5.41, 5.74) is 0. The molecule has 0 fully saturated rings. The van der Waals surface area contributed by atoms with Crippen molar-refractivity contribution in [2.24, 2.45) is 0 Å². The Morgan fingerprint density at radius 2 is 2.08 bits per heavy atom. The third-order valence-electron chi connectivity index (χ3n) is 1.12. The van der Waals surface area contributed by atoms with Crippen LogP contribution in [0.1, 0.15) is 6.92 Å². The predicted molar refractivity (Wildman–Crippen MR) is 54.3 cm³/mol. The Morgan fingerprint density at radius 1 is 1.50 bits per heavy atom. The molecule has 0 spiro atoms. The van der Waals surface area contributed by atoms with Crippen LogP contribution < -0.4 is 4.72 Å². The minimum Gasteiger partial charge on any atom is -0.260 e. The highest BCUT2D eigenvalue weighted by Crippen LogP contribution is 1.90. The molecule has 0 rings (SSSR count). The molecule has 7 heteroatoms. The second-order valence-electron chi connectivity index (χ2n) is 2.05. The Morgan fingerprint density at radius 3 is 2.50 bits per heavy atom. The standard InChI is InChI=1S/C5H12BrNO3S2/c1-2-11(8)4-3-7-12(9,10)5-6/h7H,2-5H2,1H3. The normalized spacial score (nSPS) is 14.5. The number of hydrogen-bond acceptors (Lipinski definition) is 3. The lowest BCUT2D eigenvalue weighted by Crippen LogP contribution is -2.28. The molecule has 0 bridgehead atoms. The minimum absolute atomic E-state index is 0.112. The molecule has 4 nitrogen and oxygen atoms in total. The summed E-state index contributed by atoms with van der Waals surface area (Å²) < 4.78 is 34.7. The summed E-state index contributed by atoms with van der Waals surface area (Å²) in [5, 5.41) is 0. The van der Waals surface area contributed by atoms with E-state index in [2.05, 4.69) is 20.7 Å². The van der Waals surface area contributed by atoms with Gasteiger partial charge in [-0.3, -0.25) is 4.21 Å². The van der Waals surface area contributed by atoms with Crippen molar-refractivity contribution in [3.05, 3.63) is 0 Å². The van der Waals surface area contributed by atoms with E-state index in [0.29, 0.717) is 11.5 Å². The van der Waals surface area contributed by atoms with Gasteiger partial charge in [0.25, 0.3) is 0 Å². The second kappa shape index (κ2) is 6.06. The molecule has 0 aliphatic rings. The topological polar surface area (TPSA) is 63.2 Å². The van der Waals surface area contributed by atoms with Gasteiger partial charge in [0, 0.05) is 28.9 Å². The van der Waals surface area contributed by atoms with Gasteiger partial charge in [0.1, 0.15) is 4.66 Å². The molecule has 0 saturated heterocycles. The van der Waals surface area contributed by atoms with Crippen LogP contribution in [0.5, 0.6) is 0 Å². The zero-order valence-corrected chi connectivity index (χ0v) is 9.97. The number of alkyl halides is 1. The zero-order chi connectivity index (χ0) is 9.61. The van der Waals surface area contributed by atoms with Gasteiger partial charge in [-0.05, 0) is 0 Å². The molecule has 0 radical (unpaired) electrons. The monoisotopic (exact) mass is 277 g/mol. The van der Waals surface area contributed by atoms with Crippen LogP contribution in [0.25, 0.3) is 0 Å². The SMILES string of the molecule is CCS(=O)CCNS(=O)(=O)CBr. The molecule has 0 heterocycles. The largest absolute Gasteiger partial charge is 0.260 e. The first-order valence-corrected chi connectivity index (χ1v) is 7.66. The summed E-state index contributed by atoms with van der Waals surface area (Å²) in [4.78, 5) is 0. The lowest BCUT2D eigenvalue weighted by molar-refractivity contribution is 0.589. The molecule has 0 aromatic heterocycles. The smallest absolute Gasteiger partial charge is 0.221 e. The summed E-state index contributed by atoms with van der Waals surface area (Å²) in [5.74, 6) is 0.943. The first-order chi connectivity index (χ1) is 5.52. The van der Waals surface area contributed by atoms with Crippen LogP contribution in [0.2, 0.25) is 0 Å². The van der Waals surface area contributed by atoms with E-state index >= 15 is 0 Å². The van der Waals surface area contributed by atoms with Crippen LogP contribution in [0.4, 0.5) is 0 Å². The van der Waals surface area contributed by atoms with Crippen LogP contribution in [-0.4, -0.2) is 35.3 Å². The zero-order valence-electron chi connectivity index (χ0n) is 6.75. The Kier molecular flexibility index (Phi) is 6.34. The van der Waals surface area contributed by atoms with Gasteiger partial charge in [-0.1, -0.05) is 22.9 Å². The van der Waals surface area contributed by atoms with Gasteiger partial charge in [-0.2, -0.15) is 0 Å². The van der Waals surface area contributed by atoms with E-state index in [9.17, 15) is 12.6 Å². The third-order valence-corrected chi connectivity index (χ3v) is 5.16. The van der Waals surface area contributed by atoms with Gasteiger partial charge in [-0.25, -0.2) is 13.1 Å². The fourth-order valence-electron chi connectivity index (χ4n) is 0.494. The van der Waals surface area contributed by atoms with Crippen LogP contribution in [0.15, 0.2) is 0 Å². The maximum Gasteiger partial charge on any atom is 0.221 e. The molecule has 0 amide bonds. The van der Waals surface area contributed by atoms with E-state index in [1.807, 2.05) is 0 Å². The average molecular weight is 278 g/mol. The number of halogens is 1. The molecule has 0 aliphatic heterocycles. The van der Waals surface area contributed by atoms with Gasteiger partial charge < -0.3 is 0 Å². The summed E-state index contributed by atoms with van der Waals surface area (Å²) >= 11 is 2.83. The Labute approximate surface area is 83.8 Å². The van der Waals surface area contributed by atoms with E-state index in [1.165, 1.54) is 0 Å². The van der Waals surface area contributed by atoms with E-state index in [0.717, 1.165) is 0 Å². The highest BCUT2D eigenvalue weighted by molar-refractivity contribution is 9.10. The number of hydrogen-bond donors (Lipinski definition) is 1. The Balaban J connectivity index is 3.64. The summed E-state index contributed by atoms with van der Waals surface area (Å²) in [7, 11) is -4.10. The molecule has 1 N–H and O–H groups in total. The minimum atomic E-state index is -3.19. The first-order valence-electron chi connectivity index (χ1n) is 3.40. The van der Waals surface area contributed by atoms with E-state index in [-0.39, 0.29) is 11.2 Å². The molecule has 0 aliphatic carbocycles. The lowest BCUT2D eigenvalue weighted by atomic mass is 10.8. The lowest BCUT2D eigenvalue weighted by Gasteiger charge is -2.01. The fourth-order valence-corrected chi connectivity index (χ4v) is 2.22. The van der Waals surface area contributed by atoms with Gasteiger partial charge in [0.2, 0.25) is 10.0 Å². The fraction of sp³-hybridized carbons (Fsp3) is 1.00. The molecule has 0 saturated carbocycles. The molecule has 12 heavy (non-hydrogen) atoms. The van der Waals surface area contributed by atoms with Crippen molar-refractivity contribution in [3.8, 4) is 0 Å². The van der Waals surface area contributed by atoms with E-state index in [1.54, 1.807) is 6.92 Å². The van der Waals surface area contributed by atoms with Crippen LogP contribution in [-0.2, 0) is 20.8 Å². The van der Waals surface area contributed by atoms with Crippen molar-refractivity contribution < 1.29 is 12.6 Å². The highest BCUT2D eigenvalue weighted by Gasteiger charge is 2.06. The highest BCUT2D eigenvalue weighted by atomic mass is 79.9. The Bertz CT molecular complexity index is 239. The van der Waals surface area contributed by atoms with Gasteiger partial charge in [-0.15, -0.1) is 0 Å². The quantitative estimate of drug-likeness (QED) is 0.697. The average Bonchev–Trinajstić information content (AvgIpc) is 2.04. The van der Waals surface area contributed by atoms with Gasteiger partial charge in [0.05, 0.1) is 0 Å². The summed E-state index contributed by atoms with van der Waals surface area (Å²) in [6, 6.07) is 0. The molecule has 1 unspecified atom stereocenters. The van der Waals surface area contributed by atoms with Gasteiger partial charge >= 0.3 is 0 Å². The van der Waals surface area contributed by atoms with Gasteiger partial charge in [0.15, 0.2) is 0 Å². The summed E-state index contributed by atoms with van der Waals surface area (Å²) in [6.45, 7) is 2.05. The second-order valence-corrected chi connectivity index (χ2v) is 7.03. The maximum absolute atomic E-state index is 10.9. The molecule has 74 valence electrons. The molecule has 0 aromatic rings. The molecular formula is C5H12BrNO3S2. The van der Waals surface area contributed by atoms with Crippen molar-refractivity contribution in [1.82, 2.24) is 4.72 Å². The Hall–Kier alpha value is 0.540. The molecular weight excluding hydrogens is 266 g/mol. The molecule has 1 atom stereocenters. The third kappa shape index (κ3) is 6.10. The van der Waals surface area contributed by atoms with Crippen molar-refractivity contribution in [1.29, 1.82) is 0 Å². The van der Waals surface area contributed by atoms with Crippen LogP contribution in [0, 0.1) is 0 Å². The van der Waals surface area contributed by atoms with E-state index in [4.69, 9.17) is 0 Å². The molecule has 0 aromatic carbocycles. The van der Waals surface area contributed by atoms with Crippen LogP contribution in [0.3, 0.4) is 0 Å². The van der Waals surface area contributed by atoms with Crippen molar-refractivity contribution in [2.75, 3.05) is 22.7 Å². The van der Waals surface area contributed by atoms with Crippen molar-refractivity contribution in [3.63, 3.8) is 0 Å². The van der Waals surface area contributed by atoms with E-state index < -0.39 is 20.8 Å². The number of sulfonamides is 1. The first kappa shape index (κ1) is 12.5. The predicted octanol–water partition coefficient (Wildman–Crippen LogP) is 0.0268. The van der Waals surface area contributed by atoms with Crippen molar-refractivity contribution in [2.45, 2.75) is 6.92 Å². The maximum atomic E-state index is 10.9. The van der Waals surface area contributed by atoms with Crippen molar-refractivity contribution >= 4 is 36.8 Å². The van der Waals surface area contributed by atoms with Crippen LogP contribution >= 0.6 is 15.9 Å². The number of nitrogens with one attached hydrogen (secondary N) is 1.